The summed E-state index contributed by atoms with van der Waals surface area (Å²) in [6.07, 6.45) is -0.731. The Morgan fingerprint density at radius 3 is 2.05 bits per heavy atom. The van der Waals surface area contributed by atoms with Gasteiger partial charge in [0.15, 0.2) is 0 Å². The Bertz CT molecular complexity index is 1600. The molecule has 4 aromatic carbocycles. The molecule has 220 valence electrons. The van der Waals surface area contributed by atoms with Gasteiger partial charge in [-0.15, -0.1) is 0 Å². The summed E-state index contributed by atoms with van der Waals surface area (Å²) in [5, 5.41) is 5.55. The minimum Gasteiger partial charge on any atom is -0.497 e. The lowest BCUT2D eigenvalue weighted by molar-refractivity contribution is -0.118. The topological polar surface area (TPSA) is 103 Å². The number of rotatable bonds is 8. The molecule has 2 N–H and O–H groups in total. The number of anilines is 1. The molecule has 5 rings (SSSR count). The second kappa shape index (κ2) is 12.4. The summed E-state index contributed by atoms with van der Waals surface area (Å²) in [6.45, 7) is 5.49. The predicted molar refractivity (Wildman–Crippen MR) is 164 cm³/mol. The fourth-order valence-electron chi connectivity index (χ4n) is 5.12. The molecule has 4 aromatic rings. The second-order valence-electron chi connectivity index (χ2n) is 11.2. The van der Waals surface area contributed by atoms with Crippen molar-refractivity contribution >= 4 is 23.7 Å². The Balaban J connectivity index is 1.31. The van der Waals surface area contributed by atoms with E-state index in [4.69, 9.17) is 14.2 Å². The fourth-order valence-corrected chi connectivity index (χ4v) is 5.12. The minimum atomic E-state index is -1.09. The summed E-state index contributed by atoms with van der Waals surface area (Å²) in [5.41, 5.74) is 5.11. The molecule has 0 radical (unpaired) electrons. The third kappa shape index (κ3) is 6.86. The minimum absolute atomic E-state index is 0.110. The summed E-state index contributed by atoms with van der Waals surface area (Å²) in [6, 6.07) is 28.3. The van der Waals surface area contributed by atoms with Gasteiger partial charge in [0.25, 0.3) is 5.91 Å². The number of fused-ring (bicyclic) bond motifs is 3. The van der Waals surface area contributed by atoms with E-state index >= 15 is 0 Å². The van der Waals surface area contributed by atoms with Crippen molar-refractivity contribution in [2.75, 3.05) is 19.0 Å². The average molecular weight is 579 g/mol. The molecule has 2 amide bonds. The van der Waals surface area contributed by atoms with Crippen molar-refractivity contribution in [3.63, 3.8) is 0 Å². The molecule has 1 atom stereocenters. The van der Waals surface area contributed by atoms with Gasteiger partial charge in [-0.2, -0.15) is 0 Å². The van der Waals surface area contributed by atoms with Gasteiger partial charge in [0.05, 0.1) is 12.7 Å². The molecule has 0 spiro atoms. The van der Waals surface area contributed by atoms with Gasteiger partial charge in [-0.3, -0.25) is 4.79 Å². The van der Waals surface area contributed by atoms with Crippen molar-refractivity contribution < 1.29 is 28.6 Å². The Labute approximate surface area is 251 Å². The molecule has 0 fully saturated rings. The van der Waals surface area contributed by atoms with Gasteiger partial charge >= 0.3 is 12.1 Å². The van der Waals surface area contributed by atoms with Gasteiger partial charge in [-0.05, 0) is 85.0 Å². The average Bonchev–Trinajstić information content (AvgIpc) is 3.32. The first kappa shape index (κ1) is 29.4. The summed E-state index contributed by atoms with van der Waals surface area (Å²) in [7, 11) is 1.53. The molecular formula is C35H34N2O6. The number of carbonyl (C=O) groups is 3. The SMILES string of the molecule is COc1cccc([C@H](NC(=O)OCC2c3ccccc3-c3ccccc32)C(=O)Nc2ccc(C(=O)OC(C)(C)C)cc2)c1. The third-order valence-corrected chi connectivity index (χ3v) is 7.08. The Morgan fingerprint density at radius 1 is 0.814 bits per heavy atom. The van der Waals surface area contributed by atoms with Crippen molar-refractivity contribution in [1.29, 1.82) is 0 Å². The fraction of sp³-hybridized carbons (Fsp3) is 0.229. The highest BCUT2D eigenvalue weighted by Crippen LogP contribution is 2.44. The highest BCUT2D eigenvalue weighted by Gasteiger charge is 2.30. The summed E-state index contributed by atoms with van der Waals surface area (Å²) >= 11 is 0. The lowest BCUT2D eigenvalue weighted by Crippen LogP contribution is -2.37. The standard InChI is InChI=1S/C35H34N2O6/c1-35(2,3)43-33(39)22-16-18-24(19-17-22)36-32(38)31(23-10-9-11-25(20-23)41-4)37-34(40)42-21-30-28-14-7-5-12-26(28)27-13-6-8-15-29(27)30/h5-20,30-31H,21H2,1-4H3,(H,36,38)(H,37,40)/t31-/m0/s1. The number of hydrogen-bond acceptors (Lipinski definition) is 6. The molecule has 0 aromatic heterocycles. The van der Waals surface area contributed by atoms with Gasteiger partial charge in [0.1, 0.15) is 24.0 Å². The maximum Gasteiger partial charge on any atom is 0.408 e. The van der Waals surface area contributed by atoms with Crippen molar-refractivity contribution in [3.05, 3.63) is 119 Å². The van der Waals surface area contributed by atoms with Crippen molar-refractivity contribution in [2.45, 2.75) is 38.3 Å². The zero-order chi connectivity index (χ0) is 30.6. The summed E-state index contributed by atoms with van der Waals surface area (Å²) in [4.78, 5) is 39.1. The smallest absolute Gasteiger partial charge is 0.408 e. The lowest BCUT2D eigenvalue weighted by atomic mass is 9.98. The van der Waals surface area contributed by atoms with Gasteiger partial charge in [0, 0.05) is 11.6 Å². The number of hydrogen-bond donors (Lipinski definition) is 2. The van der Waals surface area contributed by atoms with Crippen LogP contribution in [0.15, 0.2) is 97.1 Å². The van der Waals surface area contributed by atoms with Gasteiger partial charge < -0.3 is 24.8 Å². The van der Waals surface area contributed by atoms with Crippen LogP contribution in [0.4, 0.5) is 10.5 Å². The van der Waals surface area contributed by atoms with E-state index in [-0.39, 0.29) is 12.5 Å². The van der Waals surface area contributed by atoms with Gasteiger partial charge in [0.2, 0.25) is 0 Å². The van der Waals surface area contributed by atoms with E-state index in [1.165, 1.54) is 7.11 Å². The van der Waals surface area contributed by atoms with Crippen molar-refractivity contribution in [2.24, 2.45) is 0 Å². The molecule has 0 saturated carbocycles. The van der Waals surface area contributed by atoms with Crippen molar-refractivity contribution in [3.8, 4) is 16.9 Å². The highest BCUT2D eigenvalue weighted by molar-refractivity contribution is 5.98. The molecule has 0 bridgehead atoms. The first-order valence-corrected chi connectivity index (χ1v) is 14.0. The molecule has 1 aliphatic rings. The molecule has 8 heteroatoms. The van der Waals surface area contributed by atoms with Crippen LogP contribution in [-0.4, -0.2) is 37.3 Å². The number of carbonyl (C=O) groups excluding carboxylic acids is 3. The van der Waals surface area contributed by atoms with Crippen LogP contribution in [-0.2, 0) is 14.3 Å². The van der Waals surface area contributed by atoms with Crippen LogP contribution >= 0.6 is 0 Å². The van der Waals surface area contributed by atoms with Crippen LogP contribution in [0.25, 0.3) is 11.1 Å². The maximum absolute atomic E-state index is 13.5. The number of alkyl carbamates (subject to hydrolysis) is 1. The van der Waals surface area contributed by atoms with E-state index in [2.05, 4.69) is 22.8 Å². The first-order chi connectivity index (χ1) is 20.6. The van der Waals surface area contributed by atoms with E-state index in [9.17, 15) is 14.4 Å². The molecule has 43 heavy (non-hydrogen) atoms. The van der Waals surface area contributed by atoms with Crippen LogP contribution in [0.5, 0.6) is 5.75 Å². The third-order valence-electron chi connectivity index (χ3n) is 7.08. The quantitative estimate of drug-likeness (QED) is 0.221. The van der Waals surface area contributed by atoms with Gasteiger partial charge in [-0.25, -0.2) is 9.59 Å². The van der Waals surface area contributed by atoms with Crippen LogP contribution < -0.4 is 15.4 Å². The highest BCUT2D eigenvalue weighted by atomic mass is 16.6. The lowest BCUT2D eigenvalue weighted by Gasteiger charge is -2.21. The summed E-state index contributed by atoms with van der Waals surface area (Å²) in [5.74, 6) is -0.541. The molecule has 0 aliphatic heterocycles. The van der Waals surface area contributed by atoms with E-state index in [0.717, 1.165) is 22.3 Å². The monoisotopic (exact) mass is 578 g/mol. The van der Waals surface area contributed by atoms with Crippen LogP contribution in [0, 0.1) is 0 Å². The van der Waals surface area contributed by atoms with Crippen LogP contribution in [0.1, 0.15) is 59.8 Å². The predicted octanol–water partition coefficient (Wildman–Crippen LogP) is 6.87. The number of amides is 2. The first-order valence-electron chi connectivity index (χ1n) is 14.0. The Kier molecular flexibility index (Phi) is 8.48. The van der Waals surface area contributed by atoms with Crippen LogP contribution in [0.3, 0.4) is 0 Å². The molecule has 0 saturated heterocycles. The number of methoxy groups -OCH3 is 1. The largest absolute Gasteiger partial charge is 0.497 e. The number of ether oxygens (including phenoxy) is 3. The Morgan fingerprint density at radius 2 is 1.44 bits per heavy atom. The Hall–Kier alpha value is -5.11. The van der Waals surface area contributed by atoms with Crippen molar-refractivity contribution in [1.82, 2.24) is 5.32 Å². The maximum atomic E-state index is 13.5. The number of benzene rings is 4. The summed E-state index contributed by atoms with van der Waals surface area (Å²) < 4.78 is 16.5. The second-order valence-corrected chi connectivity index (χ2v) is 11.2. The van der Waals surface area contributed by atoms with E-state index in [0.29, 0.717) is 22.6 Å². The zero-order valence-corrected chi connectivity index (χ0v) is 24.5. The van der Waals surface area contributed by atoms with Gasteiger partial charge in [-0.1, -0.05) is 60.7 Å². The zero-order valence-electron chi connectivity index (χ0n) is 24.5. The molecule has 1 aliphatic carbocycles. The number of esters is 1. The van der Waals surface area contributed by atoms with E-state index in [1.807, 2.05) is 36.4 Å². The van der Waals surface area contributed by atoms with E-state index < -0.39 is 29.6 Å². The number of nitrogens with one attached hydrogen (secondary N) is 2. The van der Waals surface area contributed by atoms with Crippen LogP contribution in [0.2, 0.25) is 0 Å². The van der Waals surface area contributed by atoms with E-state index in [1.54, 1.807) is 69.3 Å². The molecule has 8 nitrogen and oxygen atoms in total. The molecule has 0 heterocycles. The molecular weight excluding hydrogens is 544 g/mol. The molecule has 0 unspecified atom stereocenters. The normalized spacial score (nSPS) is 12.8.